The summed E-state index contributed by atoms with van der Waals surface area (Å²) in [6.45, 7) is 1.92. The van der Waals surface area contributed by atoms with Crippen LogP contribution in [0.15, 0.2) is 40.9 Å². The average Bonchev–Trinajstić information content (AvgIpc) is 2.47. The van der Waals surface area contributed by atoms with Crippen molar-refractivity contribution in [2.45, 2.75) is 18.9 Å². The number of amides is 1. The van der Waals surface area contributed by atoms with Crippen LogP contribution in [0.25, 0.3) is 10.8 Å². The molecule has 0 aliphatic carbocycles. The molecule has 0 spiro atoms. The maximum absolute atomic E-state index is 12.3. The lowest BCUT2D eigenvalue weighted by molar-refractivity contribution is 0.0931. The van der Waals surface area contributed by atoms with Crippen LogP contribution in [0, 0.1) is 0 Å². The van der Waals surface area contributed by atoms with E-state index in [1.807, 2.05) is 30.3 Å². The summed E-state index contributed by atoms with van der Waals surface area (Å²) in [4.78, 5) is 12.3. The molecule has 1 aliphatic rings. The Morgan fingerprint density at radius 2 is 1.95 bits per heavy atom. The molecular weight excluding hydrogens is 352 g/mol. The Morgan fingerprint density at radius 1 is 1.19 bits per heavy atom. The van der Waals surface area contributed by atoms with Gasteiger partial charge < -0.3 is 10.6 Å². The maximum Gasteiger partial charge on any atom is 0.251 e. The third kappa shape index (κ3) is 3.96. The van der Waals surface area contributed by atoms with Crippen molar-refractivity contribution < 1.29 is 4.79 Å². The number of nitrogens with one attached hydrogen (secondary N) is 2. The Labute approximate surface area is 139 Å². The number of hydrogen-bond acceptors (Lipinski definition) is 2. The number of rotatable bonds is 2. The van der Waals surface area contributed by atoms with Crippen molar-refractivity contribution in [3.8, 4) is 0 Å². The minimum Gasteiger partial charge on any atom is -0.348 e. The minimum atomic E-state index is 0. The summed E-state index contributed by atoms with van der Waals surface area (Å²) in [6.07, 6.45) is 2.18. The zero-order valence-corrected chi connectivity index (χ0v) is 14.0. The molecule has 1 fully saturated rings. The van der Waals surface area contributed by atoms with Gasteiger partial charge in [0.05, 0.1) is 0 Å². The number of carbonyl (C=O) groups is 1. The normalized spacial score (nSPS) is 18.0. The van der Waals surface area contributed by atoms with Gasteiger partial charge in [0.1, 0.15) is 0 Å². The summed E-state index contributed by atoms with van der Waals surface area (Å²) in [5, 5.41) is 8.63. The zero-order chi connectivity index (χ0) is 13.9. The lowest BCUT2D eigenvalue weighted by Gasteiger charge is -2.23. The van der Waals surface area contributed by atoms with Crippen LogP contribution in [-0.2, 0) is 0 Å². The molecule has 0 bridgehead atoms. The second kappa shape index (κ2) is 7.25. The molecule has 1 saturated heterocycles. The van der Waals surface area contributed by atoms with E-state index in [-0.39, 0.29) is 24.4 Å². The molecule has 2 aromatic carbocycles. The van der Waals surface area contributed by atoms with Gasteiger partial charge in [0.2, 0.25) is 0 Å². The SMILES string of the molecule is Cl.O=C(N[C@@H]1CCCNC1)c1ccc2cc(Br)ccc2c1. The van der Waals surface area contributed by atoms with Crippen LogP contribution >= 0.6 is 28.3 Å². The Bertz CT molecular complexity index is 641. The van der Waals surface area contributed by atoms with Gasteiger partial charge in [0.25, 0.3) is 5.91 Å². The number of carbonyl (C=O) groups excluding carboxylic acids is 1. The van der Waals surface area contributed by atoms with Crippen LogP contribution < -0.4 is 10.6 Å². The van der Waals surface area contributed by atoms with Crippen molar-refractivity contribution in [2.24, 2.45) is 0 Å². The smallest absolute Gasteiger partial charge is 0.251 e. The van der Waals surface area contributed by atoms with E-state index in [1.54, 1.807) is 0 Å². The molecule has 1 aliphatic heterocycles. The van der Waals surface area contributed by atoms with Gasteiger partial charge in [-0.2, -0.15) is 0 Å². The number of fused-ring (bicyclic) bond motifs is 1. The molecule has 21 heavy (non-hydrogen) atoms. The van der Waals surface area contributed by atoms with Crippen LogP contribution in [0.3, 0.4) is 0 Å². The highest BCUT2D eigenvalue weighted by molar-refractivity contribution is 9.10. The highest BCUT2D eigenvalue weighted by Gasteiger charge is 2.16. The first-order valence-corrected chi connectivity index (χ1v) is 7.72. The topological polar surface area (TPSA) is 41.1 Å². The van der Waals surface area contributed by atoms with E-state index in [2.05, 4.69) is 32.6 Å². The first-order valence-electron chi connectivity index (χ1n) is 6.93. The third-order valence-electron chi connectivity index (χ3n) is 3.70. The van der Waals surface area contributed by atoms with Crippen LogP contribution in [0.2, 0.25) is 0 Å². The van der Waals surface area contributed by atoms with Crippen molar-refractivity contribution in [3.63, 3.8) is 0 Å². The zero-order valence-electron chi connectivity index (χ0n) is 11.6. The molecule has 0 radical (unpaired) electrons. The summed E-state index contributed by atoms with van der Waals surface area (Å²) in [6, 6.07) is 12.2. The Morgan fingerprint density at radius 3 is 2.71 bits per heavy atom. The first-order chi connectivity index (χ1) is 9.72. The monoisotopic (exact) mass is 368 g/mol. The van der Waals surface area contributed by atoms with E-state index in [9.17, 15) is 4.79 Å². The average molecular weight is 370 g/mol. The second-order valence-corrected chi connectivity index (χ2v) is 6.14. The highest BCUT2D eigenvalue weighted by atomic mass is 79.9. The van der Waals surface area contributed by atoms with Gasteiger partial charge in [0.15, 0.2) is 0 Å². The quantitative estimate of drug-likeness (QED) is 0.850. The van der Waals surface area contributed by atoms with E-state index in [1.165, 1.54) is 0 Å². The Kier molecular flexibility index (Phi) is 5.62. The van der Waals surface area contributed by atoms with E-state index >= 15 is 0 Å². The Balaban J connectivity index is 0.00000161. The van der Waals surface area contributed by atoms with Crippen LogP contribution in [0.1, 0.15) is 23.2 Å². The molecule has 112 valence electrons. The summed E-state index contributed by atoms with van der Waals surface area (Å²) in [5.74, 6) is 0.0171. The molecule has 0 aromatic heterocycles. The van der Waals surface area contributed by atoms with Crippen LogP contribution in [0.5, 0.6) is 0 Å². The second-order valence-electron chi connectivity index (χ2n) is 5.22. The lowest BCUT2D eigenvalue weighted by atomic mass is 10.0. The van der Waals surface area contributed by atoms with Crippen LogP contribution in [0.4, 0.5) is 0 Å². The Hall–Kier alpha value is -1.10. The fourth-order valence-corrected chi connectivity index (χ4v) is 2.98. The van der Waals surface area contributed by atoms with Crippen molar-refractivity contribution in [3.05, 3.63) is 46.4 Å². The van der Waals surface area contributed by atoms with Gasteiger partial charge in [-0.1, -0.05) is 28.1 Å². The number of halogens is 2. The standard InChI is InChI=1S/C16H17BrN2O.ClH/c17-14-6-5-11-8-13(4-3-12(11)9-14)16(20)19-15-2-1-7-18-10-15;/h3-6,8-9,15,18H,1-2,7,10H2,(H,19,20);1H/t15-;/m1./s1. The molecule has 1 amide bonds. The molecule has 1 heterocycles. The molecule has 0 saturated carbocycles. The van der Waals surface area contributed by atoms with Gasteiger partial charge in [0, 0.05) is 22.6 Å². The lowest BCUT2D eigenvalue weighted by Crippen LogP contribution is -2.45. The van der Waals surface area contributed by atoms with Crippen molar-refractivity contribution >= 4 is 45.0 Å². The van der Waals surface area contributed by atoms with Crippen molar-refractivity contribution in [1.82, 2.24) is 10.6 Å². The predicted octanol–water partition coefficient (Wildman–Crippen LogP) is 3.51. The minimum absolute atomic E-state index is 0. The molecule has 2 aromatic rings. The number of benzene rings is 2. The van der Waals surface area contributed by atoms with Gasteiger partial charge in [-0.25, -0.2) is 0 Å². The fourth-order valence-electron chi connectivity index (χ4n) is 2.60. The van der Waals surface area contributed by atoms with Crippen molar-refractivity contribution in [2.75, 3.05) is 13.1 Å². The summed E-state index contributed by atoms with van der Waals surface area (Å²) in [7, 11) is 0. The summed E-state index contributed by atoms with van der Waals surface area (Å²) in [5.41, 5.74) is 0.727. The number of hydrogen-bond donors (Lipinski definition) is 2. The summed E-state index contributed by atoms with van der Waals surface area (Å²) >= 11 is 3.46. The van der Waals surface area contributed by atoms with Gasteiger partial charge in [-0.15, -0.1) is 12.4 Å². The summed E-state index contributed by atoms with van der Waals surface area (Å²) < 4.78 is 1.05. The number of piperidine rings is 1. The molecule has 3 rings (SSSR count). The maximum atomic E-state index is 12.3. The van der Waals surface area contributed by atoms with E-state index in [0.717, 1.165) is 46.7 Å². The highest BCUT2D eigenvalue weighted by Crippen LogP contribution is 2.21. The molecule has 5 heteroatoms. The van der Waals surface area contributed by atoms with Gasteiger partial charge >= 0.3 is 0 Å². The van der Waals surface area contributed by atoms with Crippen molar-refractivity contribution in [1.29, 1.82) is 0 Å². The van der Waals surface area contributed by atoms with E-state index in [0.29, 0.717) is 0 Å². The molecular formula is C16H18BrClN2O. The van der Waals surface area contributed by atoms with Crippen LogP contribution in [-0.4, -0.2) is 25.0 Å². The molecule has 1 atom stereocenters. The largest absolute Gasteiger partial charge is 0.348 e. The molecule has 3 nitrogen and oxygen atoms in total. The fraction of sp³-hybridized carbons (Fsp3) is 0.312. The third-order valence-corrected chi connectivity index (χ3v) is 4.19. The first kappa shape index (κ1) is 16.3. The van der Waals surface area contributed by atoms with Gasteiger partial charge in [-0.3, -0.25) is 4.79 Å². The van der Waals surface area contributed by atoms with E-state index < -0.39 is 0 Å². The molecule has 2 N–H and O–H groups in total. The van der Waals surface area contributed by atoms with Gasteiger partial charge in [-0.05, 0) is 54.4 Å². The molecule has 0 unspecified atom stereocenters. The predicted molar refractivity (Wildman–Crippen MR) is 92.3 cm³/mol. The van der Waals surface area contributed by atoms with E-state index in [4.69, 9.17) is 0 Å².